The van der Waals surface area contributed by atoms with Crippen LogP contribution in [-0.4, -0.2) is 53.8 Å². The number of amides is 1. The molecule has 0 saturated carbocycles. The number of carbonyl (C=O) groups excluding carboxylic acids is 1. The topological polar surface area (TPSA) is 128 Å². The van der Waals surface area contributed by atoms with Crippen LogP contribution in [0.15, 0.2) is 101 Å². The molecule has 1 N–H and O–H groups in total. The fourth-order valence-electron chi connectivity index (χ4n) is 5.71. The van der Waals surface area contributed by atoms with Crippen LogP contribution in [0.5, 0.6) is 5.75 Å². The molecule has 6 aromatic rings. The summed E-state index contributed by atoms with van der Waals surface area (Å²) in [6, 6.07) is 21.9. The predicted octanol–water partition coefficient (Wildman–Crippen LogP) is 6.54. The van der Waals surface area contributed by atoms with Gasteiger partial charge in [-0.25, -0.2) is 18.4 Å². The minimum Gasteiger partial charge on any atom is -0.495 e. The second-order valence-corrected chi connectivity index (χ2v) is 12.7. The van der Waals surface area contributed by atoms with E-state index in [1.54, 1.807) is 24.4 Å². The normalized spacial score (nSPS) is 14.1. The number of fused-ring (bicyclic) bond motifs is 2. The van der Waals surface area contributed by atoms with Gasteiger partial charge in [0.15, 0.2) is 0 Å². The van der Waals surface area contributed by atoms with Gasteiger partial charge in [-0.1, -0.05) is 24.6 Å². The van der Waals surface area contributed by atoms with E-state index in [0.717, 1.165) is 41.3 Å². The Morgan fingerprint density at radius 1 is 0.889 bits per heavy atom. The average Bonchev–Trinajstić information content (AvgIpc) is 3.63. The number of rotatable bonds is 7. The van der Waals surface area contributed by atoms with E-state index in [4.69, 9.17) is 14.1 Å². The second-order valence-electron chi connectivity index (χ2n) is 10.8. The van der Waals surface area contributed by atoms with Gasteiger partial charge in [0.25, 0.3) is 5.91 Å². The number of aromatic nitrogens is 3. The Kier molecular flexibility index (Phi) is 7.48. The number of piperidine rings is 1. The molecule has 226 valence electrons. The molecular weight excluding hydrogens is 590 g/mol. The van der Waals surface area contributed by atoms with Crippen molar-refractivity contribution in [3.05, 3.63) is 97.0 Å². The van der Waals surface area contributed by atoms with Crippen molar-refractivity contribution < 1.29 is 22.4 Å². The number of ether oxygens (including phenoxy) is 1. The number of oxazole rings is 1. The van der Waals surface area contributed by atoms with Crippen molar-refractivity contribution in [2.45, 2.75) is 24.2 Å². The van der Waals surface area contributed by atoms with Crippen molar-refractivity contribution in [1.82, 2.24) is 19.3 Å². The quantitative estimate of drug-likeness (QED) is 0.213. The van der Waals surface area contributed by atoms with Crippen molar-refractivity contribution in [3.63, 3.8) is 0 Å². The lowest BCUT2D eigenvalue weighted by molar-refractivity contribution is 0.102. The molecule has 1 fully saturated rings. The van der Waals surface area contributed by atoms with Gasteiger partial charge in [0, 0.05) is 35.7 Å². The van der Waals surface area contributed by atoms with Crippen LogP contribution in [0.2, 0.25) is 0 Å². The number of nitrogens with one attached hydrogen (secondary N) is 1. The van der Waals surface area contributed by atoms with Crippen molar-refractivity contribution in [2.24, 2.45) is 0 Å². The summed E-state index contributed by atoms with van der Waals surface area (Å²) < 4.78 is 39.6. The molecule has 4 heterocycles. The fraction of sp³-hybridized carbons (Fsp3) is 0.176. The van der Waals surface area contributed by atoms with Crippen molar-refractivity contribution >= 4 is 43.4 Å². The molecule has 1 aliphatic heterocycles. The fourth-order valence-corrected chi connectivity index (χ4v) is 7.41. The van der Waals surface area contributed by atoms with Gasteiger partial charge in [-0.3, -0.25) is 9.78 Å². The first kappa shape index (κ1) is 28.6. The molecule has 45 heavy (non-hydrogen) atoms. The zero-order chi connectivity index (χ0) is 31.0. The Morgan fingerprint density at radius 3 is 2.47 bits per heavy atom. The number of anilines is 1. The van der Waals surface area contributed by atoms with Crippen molar-refractivity contribution in [2.75, 3.05) is 25.5 Å². The highest BCUT2D eigenvalue weighted by atomic mass is 32.2. The molecule has 0 atom stereocenters. The number of benzene rings is 3. The van der Waals surface area contributed by atoms with Gasteiger partial charge in [0.05, 0.1) is 29.9 Å². The molecule has 10 nitrogen and oxygen atoms in total. The van der Waals surface area contributed by atoms with E-state index in [0.29, 0.717) is 40.9 Å². The van der Waals surface area contributed by atoms with Gasteiger partial charge < -0.3 is 14.5 Å². The van der Waals surface area contributed by atoms with E-state index in [1.165, 1.54) is 29.9 Å². The Balaban J connectivity index is 1.30. The largest absolute Gasteiger partial charge is 0.495 e. The standard InChI is InChI=1S/C34H29N5O5S/c1-43-31-12-9-25(20-32(31)45(41,42)39-15-3-2-4-16-39)37-33(40)27-21-30(34-36-14-17-44-34)38-29-11-8-23(19-26(27)29)22-7-10-28-24(18-22)6-5-13-35-28/h5-14,17-21H,2-4,15-16H2,1H3,(H,37,40). The monoisotopic (exact) mass is 619 g/mol. The van der Waals surface area contributed by atoms with Crippen LogP contribution >= 0.6 is 0 Å². The molecule has 11 heteroatoms. The summed E-state index contributed by atoms with van der Waals surface area (Å²) in [4.78, 5) is 27.4. The number of carbonyl (C=O) groups is 1. The number of sulfonamides is 1. The predicted molar refractivity (Wildman–Crippen MR) is 172 cm³/mol. The van der Waals surface area contributed by atoms with Crippen LogP contribution in [0.1, 0.15) is 29.6 Å². The summed E-state index contributed by atoms with van der Waals surface area (Å²) in [5.41, 5.74) is 4.36. The minimum absolute atomic E-state index is 0.0119. The molecule has 7 rings (SSSR count). The molecule has 3 aromatic carbocycles. The van der Waals surface area contributed by atoms with Crippen LogP contribution < -0.4 is 10.1 Å². The van der Waals surface area contributed by atoms with Gasteiger partial charge in [-0.15, -0.1) is 0 Å². The van der Waals surface area contributed by atoms with E-state index in [9.17, 15) is 13.2 Å². The third-order valence-corrected chi connectivity index (χ3v) is 9.92. The first-order chi connectivity index (χ1) is 21.9. The van der Waals surface area contributed by atoms with Crippen molar-refractivity contribution in [3.8, 4) is 28.5 Å². The maximum absolute atomic E-state index is 14.0. The zero-order valence-corrected chi connectivity index (χ0v) is 25.3. The number of pyridine rings is 2. The summed E-state index contributed by atoms with van der Waals surface area (Å²) in [6.07, 6.45) is 7.32. The van der Waals surface area contributed by atoms with E-state index >= 15 is 0 Å². The molecule has 0 spiro atoms. The van der Waals surface area contributed by atoms with Crippen LogP contribution in [-0.2, 0) is 10.0 Å². The molecule has 0 bridgehead atoms. The summed E-state index contributed by atoms with van der Waals surface area (Å²) in [5, 5.41) is 4.52. The summed E-state index contributed by atoms with van der Waals surface area (Å²) >= 11 is 0. The lowest BCUT2D eigenvalue weighted by Gasteiger charge is -2.26. The summed E-state index contributed by atoms with van der Waals surface area (Å²) in [5.74, 6) is 0.0484. The minimum atomic E-state index is -3.83. The first-order valence-corrected chi connectivity index (χ1v) is 16.0. The maximum atomic E-state index is 14.0. The van der Waals surface area contributed by atoms with Gasteiger partial charge in [-0.05, 0) is 78.6 Å². The van der Waals surface area contributed by atoms with Crippen LogP contribution in [0.4, 0.5) is 5.69 Å². The lowest BCUT2D eigenvalue weighted by Crippen LogP contribution is -2.35. The Hall–Kier alpha value is -5.13. The molecule has 0 unspecified atom stereocenters. The highest BCUT2D eigenvalue weighted by molar-refractivity contribution is 7.89. The molecular formula is C34H29N5O5S. The smallest absolute Gasteiger partial charge is 0.256 e. The Morgan fingerprint density at radius 2 is 1.69 bits per heavy atom. The van der Waals surface area contributed by atoms with Gasteiger partial charge >= 0.3 is 0 Å². The van der Waals surface area contributed by atoms with Crippen LogP contribution in [0.25, 0.3) is 44.5 Å². The van der Waals surface area contributed by atoms with E-state index in [1.807, 2.05) is 42.5 Å². The molecule has 1 saturated heterocycles. The number of hydrogen-bond acceptors (Lipinski definition) is 8. The molecule has 3 aromatic heterocycles. The van der Waals surface area contributed by atoms with Crippen molar-refractivity contribution in [1.29, 1.82) is 0 Å². The van der Waals surface area contributed by atoms with E-state index in [-0.39, 0.29) is 16.5 Å². The Bertz CT molecular complexity index is 2160. The van der Waals surface area contributed by atoms with E-state index in [2.05, 4.69) is 21.4 Å². The van der Waals surface area contributed by atoms with E-state index < -0.39 is 15.9 Å². The third kappa shape index (κ3) is 5.52. The average molecular weight is 620 g/mol. The molecule has 0 radical (unpaired) electrons. The second kappa shape index (κ2) is 11.8. The zero-order valence-electron chi connectivity index (χ0n) is 24.4. The van der Waals surface area contributed by atoms with Gasteiger partial charge in [0.2, 0.25) is 15.9 Å². The lowest BCUT2D eigenvalue weighted by atomic mass is 9.98. The van der Waals surface area contributed by atoms with Crippen LogP contribution in [0, 0.1) is 0 Å². The highest BCUT2D eigenvalue weighted by Crippen LogP contribution is 2.33. The molecule has 0 aliphatic carbocycles. The number of nitrogens with zero attached hydrogens (tertiary/aromatic N) is 4. The summed E-state index contributed by atoms with van der Waals surface area (Å²) in [6.45, 7) is 0.898. The number of hydrogen-bond donors (Lipinski definition) is 1. The SMILES string of the molecule is COc1ccc(NC(=O)c2cc(-c3ncco3)nc3ccc(-c4ccc5ncccc5c4)cc23)cc1S(=O)(=O)N1CCCCC1. The summed E-state index contributed by atoms with van der Waals surface area (Å²) in [7, 11) is -2.40. The molecule has 1 amide bonds. The highest BCUT2D eigenvalue weighted by Gasteiger charge is 2.29. The Labute approximate surface area is 259 Å². The van der Waals surface area contributed by atoms with Gasteiger partial charge in [-0.2, -0.15) is 4.31 Å². The third-order valence-electron chi connectivity index (χ3n) is 8.00. The van der Waals surface area contributed by atoms with Gasteiger partial charge in [0.1, 0.15) is 22.6 Å². The molecule has 1 aliphatic rings. The first-order valence-electron chi connectivity index (χ1n) is 14.6. The maximum Gasteiger partial charge on any atom is 0.256 e. The number of methoxy groups -OCH3 is 1. The van der Waals surface area contributed by atoms with Crippen LogP contribution in [0.3, 0.4) is 0 Å².